The highest BCUT2D eigenvalue weighted by molar-refractivity contribution is 7.80. The molecular formula is C17H15FN4S. The maximum Gasteiger partial charge on any atom is 0.176 e. The molecule has 0 aliphatic heterocycles. The zero-order valence-corrected chi connectivity index (χ0v) is 13.1. The lowest BCUT2D eigenvalue weighted by atomic mass is 10.2. The summed E-state index contributed by atoms with van der Waals surface area (Å²) in [7, 11) is 0. The van der Waals surface area contributed by atoms with Gasteiger partial charge in [0.15, 0.2) is 10.9 Å². The van der Waals surface area contributed by atoms with Crippen LogP contribution >= 0.6 is 12.2 Å². The van der Waals surface area contributed by atoms with Crippen LogP contribution in [0.15, 0.2) is 66.9 Å². The standard InChI is InChI=1S/C17H15FN4S/c18-14-8-4-5-9-15(14)19-17(23)20-16-10-11-22(21-16)12-13-6-2-1-3-7-13/h1-11H,12H2,(H2,19,20,21,23). The van der Waals surface area contributed by atoms with Gasteiger partial charge in [0.05, 0.1) is 12.2 Å². The molecule has 0 amide bonds. The highest BCUT2D eigenvalue weighted by Gasteiger charge is 2.05. The van der Waals surface area contributed by atoms with E-state index in [1.807, 2.05) is 47.3 Å². The molecule has 0 unspecified atom stereocenters. The smallest absolute Gasteiger partial charge is 0.176 e. The second-order valence-electron chi connectivity index (χ2n) is 4.94. The minimum Gasteiger partial charge on any atom is -0.330 e. The Bertz CT molecular complexity index is 801. The second kappa shape index (κ2) is 7.02. The van der Waals surface area contributed by atoms with Crippen LogP contribution in [0.3, 0.4) is 0 Å². The molecule has 0 spiro atoms. The van der Waals surface area contributed by atoms with Gasteiger partial charge in [-0.3, -0.25) is 4.68 Å². The monoisotopic (exact) mass is 326 g/mol. The summed E-state index contributed by atoms with van der Waals surface area (Å²) in [6, 6.07) is 18.2. The van der Waals surface area contributed by atoms with Crippen LogP contribution in [-0.2, 0) is 6.54 Å². The summed E-state index contributed by atoms with van der Waals surface area (Å²) < 4.78 is 15.4. The van der Waals surface area contributed by atoms with Gasteiger partial charge in [-0.15, -0.1) is 0 Å². The number of para-hydroxylation sites is 1. The van der Waals surface area contributed by atoms with Crippen LogP contribution < -0.4 is 10.6 Å². The Balaban J connectivity index is 1.60. The maximum absolute atomic E-state index is 13.6. The molecule has 3 rings (SSSR count). The first-order valence-corrected chi connectivity index (χ1v) is 7.51. The lowest BCUT2D eigenvalue weighted by Crippen LogP contribution is -2.20. The average molecular weight is 326 g/mol. The van der Waals surface area contributed by atoms with Gasteiger partial charge in [-0.2, -0.15) is 5.10 Å². The van der Waals surface area contributed by atoms with Gasteiger partial charge >= 0.3 is 0 Å². The van der Waals surface area contributed by atoms with E-state index >= 15 is 0 Å². The first-order chi connectivity index (χ1) is 11.2. The first-order valence-electron chi connectivity index (χ1n) is 7.10. The van der Waals surface area contributed by atoms with Crippen LogP contribution in [0.5, 0.6) is 0 Å². The molecule has 0 fully saturated rings. The Kier molecular flexibility index (Phi) is 4.63. The molecule has 1 heterocycles. The third-order valence-corrected chi connectivity index (χ3v) is 3.40. The number of nitrogens with one attached hydrogen (secondary N) is 2. The number of hydrogen-bond donors (Lipinski definition) is 2. The van der Waals surface area contributed by atoms with Gasteiger partial charge in [-0.1, -0.05) is 42.5 Å². The van der Waals surface area contributed by atoms with E-state index in [9.17, 15) is 4.39 Å². The second-order valence-corrected chi connectivity index (χ2v) is 5.35. The van der Waals surface area contributed by atoms with Crippen molar-refractivity contribution in [3.05, 3.63) is 78.2 Å². The van der Waals surface area contributed by atoms with Crippen LogP contribution in [0.2, 0.25) is 0 Å². The fourth-order valence-corrected chi connectivity index (χ4v) is 2.33. The predicted octanol–water partition coefficient (Wildman–Crippen LogP) is 3.88. The van der Waals surface area contributed by atoms with Crippen molar-refractivity contribution in [2.45, 2.75) is 6.54 Å². The number of nitrogens with zero attached hydrogens (tertiary/aromatic N) is 2. The lowest BCUT2D eigenvalue weighted by molar-refractivity contribution is 0.632. The van der Waals surface area contributed by atoms with Crippen molar-refractivity contribution in [1.29, 1.82) is 0 Å². The number of thiocarbonyl (C=S) groups is 1. The van der Waals surface area contributed by atoms with E-state index in [1.165, 1.54) is 6.07 Å². The molecule has 0 bridgehead atoms. The average Bonchev–Trinajstić information content (AvgIpc) is 2.97. The zero-order chi connectivity index (χ0) is 16.1. The van der Waals surface area contributed by atoms with Crippen molar-refractivity contribution in [2.75, 3.05) is 10.6 Å². The van der Waals surface area contributed by atoms with Crippen LogP contribution in [0.4, 0.5) is 15.9 Å². The summed E-state index contributed by atoms with van der Waals surface area (Å²) in [4.78, 5) is 0. The molecule has 2 N–H and O–H groups in total. The largest absolute Gasteiger partial charge is 0.330 e. The van der Waals surface area contributed by atoms with Gasteiger partial charge in [-0.05, 0) is 29.9 Å². The highest BCUT2D eigenvalue weighted by atomic mass is 32.1. The van der Waals surface area contributed by atoms with Gasteiger partial charge in [0.1, 0.15) is 5.82 Å². The molecule has 6 heteroatoms. The fourth-order valence-electron chi connectivity index (χ4n) is 2.12. The molecule has 0 saturated heterocycles. The van der Waals surface area contributed by atoms with E-state index in [1.54, 1.807) is 18.2 Å². The summed E-state index contributed by atoms with van der Waals surface area (Å²) in [5.41, 5.74) is 1.49. The van der Waals surface area contributed by atoms with Crippen molar-refractivity contribution in [3.8, 4) is 0 Å². The van der Waals surface area contributed by atoms with Gasteiger partial charge in [-0.25, -0.2) is 4.39 Å². The maximum atomic E-state index is 13.6. The Morgan fingerprint density at radius 3 is 2.52 bits per heavy atom. The van der Waals surface area contributed by atoms with E-state index in [4.69, 9.17) is 12.2 Å². The van der Waals surface area contributed by atoms with Crippen LogP contribution in [0, 0.1) is 5.82 Å². The van der Waals surface area contributed by atoms with Crippen molar-refractivity contribution >= 4 is 28.8 Å². The summed E-state index contributed by atoms with van der Waals surface area (Å²) in [6.07, 6.45) is 1.86. The summed E-state index contributed by atoms with van der Waals surface area (Å²) >= 11 is 5.18. The molecule has 2 aromatic carbocycles. The number of rotatable bonds is 4. The molecule has 1 aromatic heterocycles. The predicted molar refractivity (Wildman–Crippen MR) is 94.0 cm³/mol. The number of aromatic nitrogens is 2. The third-order valence-electron chi connectivity index (χ3n) is 3.19. The van der Waals surface area contributed by atoms with Gasteiger partial charge in [0.2, 0.25) is 0 Å². The van der Waals surface area contributed by atoms with Crippen molar-refractivity contribution in [2.24, 2.45) is 0 Å². The van der Waals surface area contributed by atoms with Crippen LogP contribution in [-0.4, -0.2) is 14.9 Å². The van der Waals surface area contributed by atoms with Crippen LogP contribution in [0.25, 0.3) is 0 Å². The third kappa shape index (κ3) is 4.14. The number of anilines is 2. The first kappa shape index (κ1) is 15.2. The molecule has 0 saturated carbocycles. The molecule has 0 aliphatic carbocycles. The van der Waals surface area contributed by atoms with Crippen molar-refractivity contribution in [1.82, 2.24) is 9.78 Å². The van der Waals surface area contributed by atoms with E-state index in [0.29, 0.717) is 23.2 Å². The molecule has 0 radical (unpaired) electrons. The molecule has 116 valence electrons. The summed E-state index contributed by atoms with van der Waals surface area (Å²) in [5.74, 6) is 0.251. The Labute approximate surface area is 139 Å². The number of hydrogen-bond acceptors (Lipinski definition) is 2. The van der Waals surface area contributed by atoms with E-state index in [2.05, 4.69) is 15.7 Å². The number of halogens is 1. The van der Waals surface area contributed by atoms with Crippen LogP contribution in [0.1, 0.15) is 5.56 Å². The Hall–Kier alpha value is -2.73. The molecular weight excluding hydrogens is 311 g/mol. The quantitative estimate of drug-likeness (QED) is 0.714. The Morgan fingerprint density at radius 2 is 1.74 bits per heavy atom. The van der Waals surface area contributed by atoms with Crippen molar-refractivity contribution < 1.29 is 4.39 Å². The van der Waals surface area contributed by atoms with Crippen molar-refractivity contribution in [3.63, 3.8) is 0 Å². The zero-order valence-electron chi connectivity index (χ0n) is 12.2. The lowest BCUT2D eigenvalue weighted by Gasteiger charge is -2.09. The highest BCUT2D eigenvalue weighted by Crippen LogP contribution is 2.13. The van der Waals surface area contributed by atoms with E-state index < -0.39 is 0 Å². The van der Waals surface area contributed by atoms with Gasteiger partial charge in [0, 0.05) is 12.3 Å². The van der Waals surface area contributed by atoms with Gasteiger partial charge < -0.3 is 10.6 Å². The topological polar surface area (TPSA) is 41.9 Å². The molecule has 0 aliphatic rings. The summed E-state index contributed by atoms with van der Waals surface area (Å²) in [5, 5.41) is 10.4. The molecule has 23 heavy (non-hydrogen) atoms. The van der Waals surface area contributed by atoms with E-state index in [0.717, 1.165) is 5.56 Å². The summed E-state index contributed by atoms with van der Waals surface area (Å²) in [6.45, 7) is 0.677. The minimum atomic E-state index is -0.355. The van der Waals surface area contributed by atoms with E-state index in [-0.39, 0.29) is 5.82 Å². The van der Waals surface area contributed by atoms with Gasteiger partial charge in [0.25, 0.3) is 0 Å². The molecule has 0 atom stereocenters. The normalized spacial score (nSPS) is 10.3. The minimum absolute atomic E-state index is 0.292. The molecule has 4 nitrogen and oxygen atoms in total. The SMILES string of the molecule is Fc1ccccc1NC(=S)Nc1ccn(Cc2ccccc2)n1. The number of benzene rings is 2. The fraction of sp³-hybridized carbons (Fsp3) is 0.0588. The molecule has 3 aromatic rings. The Morgan fingerprint density at radius 1 is 1.00 bits per heavy atom.